The number of carbonyl (C=O) groups excluding carboxylic acids is 1. The third-order valence-electron chi connectivity index (χ3n) is 4.22. The second-order valence-electron chi connectivity index (χ2n) is 5.75. The van der Waals surface area contributed by atoms with Gasteiger partial charge in [0.05, 0.1) is 5.92 Å². The number of rotatable bonds is 4. The van der Waals surface area contributed by atoms with Gasteiger partial charge in [0.25, 0.3) is 5.91 Å². The van der Waals surface area contributed by atoms with Gasteiger partial charge in [-0.25, -0.2) is 0 Å². The molecule has 1 aromatic carbocycles. The van der Waals surface area contributed by atoms with Crippen molar-refractivity contribution < 1.29 is 14.7 Å². The van der Waals surface area contributed by atoms with Crippen LogP contribution in [0.15, 0.2) is 30.3 Å². The Morgan fingerprint density at radius 1 is 1.09 bits per heavy atom. The van der Waals surface area contributed by atoms with Crippen molar-refractivity contribution in [3.8, 4) is 11.3 Å². The maximum Gasteiger partial charge on any atom is 0.306 e. The molecule has 0 atom stereocenters. The zero-order chi connectivity index (χ0) is 16.2. The third-order valence-corrected chi connectivity index (χ3v) is 4.22. The standard InChI is InChI=1S/C16H18N4O3/c21-15(17-12-8-6-11(7-9-12)16(22)23)14-13(18-20-19-14)10-4-2-1-3-5-10/h1-5,11-12H,6-9H2,(H,17,21)(H,22,23)(H,18,19,20). The number of carboxylic acids is 1. The molecule has 1 saturated carbocycles. The SMILES string of the molecule is O=C(NC1CCC(C(=O)O)CC1)c1n[nH]nc1-c1ccccc1. The van der Waals surface area contributed by atoms with E-state index < -0.39 is 5.97 Å². The van der Waals surface area contributed by atoms with E-state index in [1.807, 2.05) is 30.3 Å². The van der Waals surface area contributed by atoms with Crippen LogP contribution in [0, 0.1) is 5.92 Å². The summed E-state index contributed by atoms with van der Waals surface area (Å²) in [5.74, 6) is -1.33. The lowest BCUT2D eigenvalue weighted by Gasteiger charge is -2.26. The number of nitrogens with zero attached hydrogens (tertiary/aromatic N) is 2. The number of nitrogens with one attached hydrogen (secondary N) is 2. The summed E-state index contributed by atoms with van der Waals surface area (Å²) in [6.45, 7) is 0. The van der Waals surface area contributed by atoms with Gasteiger partial charge in [-0.05, 0) is 25.7 Å². The van der Waals surface area contributed by atoms with E-state index in [0.717, 1.165) is 5.56 Å². The highest BCUT2D eigenvalue weighted by Gasteiger charge is 2.28. The predicted octanol–water partition coefficient (Wildman–Crippen LogP) is 1.84. The smallest absolute Gasteiger partial charge is 0.306 e. The predicted molar refractivity (Wildman–Crippen MR) is 82.7 cm³/mol. The van der Waals surface area contributed by atoms with Gasteiger partial charge in [-0.15, -0.1) is 0 Å². The van der Waals surface area contributed by atoms with Crippen molar-refractivity contribution in [1.29, 1.82) is 0 Å². The lowest BCUT2D eigenvalue weighted by molar-refractivity contribution is -0.142. The average Bonchev–Trinajstić information content (AvgIpc) is 3.06. The van der Waals surface area contributed by atoms with Crippen LogP contribution in [0.1, 0.15) is 36.2 Å². The number of hydrogen-bond donors (Lipinski definition) is 3. The second-order valence-corrected chi connectivity index (χ2v) is 5.75. The van der Waals surface area contributed by atoms with Gasteiger partial charge in [0.15, 0.2) is 5.69 Å². The number of amides is 1. The van der Waals surface area contributed by atoms with Gasteiger partial charge in [-0.2, -0.15) is 15.4 Å². The first-order valence-corrected chi connectivity index (χ1v) is 7.65. The Morgan fingerprint density at radius 3 is 2.43 bits per heavy atom. The first-order valence-electron chi connectivity index (χ1n) is 7.65. The van der Waals surface area contributed by atoms with Crippen molar-refractivity contribution in [2.75, 3.05) is 0 Å². The third kappa shape index (κ3) is 3.39. The summed E-state index contributed by atoms with van der Waals surface area (Å²) in [5, 5.41) is 22.5. The lowest BCUT2D eigenvalue weighted by Crippen LogP contribution is -2.39. The van der Waals surface area contributed by atoms with Crippen molar-refractivity contribution >= 4 is 11.9 Å². The van der Waals surface area contributed by atoms with Crippen molar-refractivity contribution in [3.05, 3.63) is 36.0 Å². The molecule has 1 amide bonds. The molecule has 7 heteroatoms. The zero-order valence-corrected chi connectivity index (χ0v) is 12.5. The molecule has 7 nitrogen and oxygen atoms in total. The molecule has 3 N–H and O–H groups in total. The fraction of sp³-hybridized carbons (Fsp3) is 0.375. The summed E-state index contributed by atoms with van der Waals surface area (Å²) in [6.07, 6.45) is 2.51. The highest BCUT2D eigenvalue weighted by atomic mass is 16.4. The van der Waals surface area contributed by atoms with Crippen molar-refractivity contribution in [3.63, 3.8) is 0 Å². The van der Waals surface area contributed by atoms with Gasteiger partial charge >= 0.3 is 5.97 Å². The van der Waals surface area contributed by atoms with Crippen LogP contribution in [0.3, 0.4) is 0 Å². The Morgan fingerprint density at radius 2 is 1.78 bits per heavy atom. The minimum atomic E-state index is -0.752. The van der Waals surface area contributed by atoms with Crippen LogP contribution in [-0.2, 0) is 4.79 Å². The summed E-state index contributed by atoms with van der Waals surface area (Å²) >= 11 is 0. The molecule has 1 aliphatic carbocycles. The van der Waals surface area contributed by atoms with Crippen molar-refractivity contribution in [1.82, 2.24) is 20.7 Å². The van der Waals surface area contributed by atoms with E-state index in [2.05, 4.69) is 20.7 Å². The first-order chi connectivity index (χ1) is 11.1. The number of H-pyrrole nitrogens is 1. The maximum atomic E-state index is 12.4. The summed E-state index contributed by atoms with van der Waals surface area (Å²) in [4.78, 5) is 23.4. The molecular weight excluding hydrogens is 296 g/mol. The Balaban J connectivity index is 1.66. The van der Waals surface area contributed by atoms with E-state index in [4.69, 9.17) is 5.11 Å². The van der Waals surface area contributed by atoms with E-state index in [-0.39, 0.29) is 23.6 Å². The monoisotopic (exact) mass is 314 g/mol. The number of aliphatic carboxylic acids is 1. The summed E-state index contributed by atoms with van der Waals surface area (Å²) in [7, 11) is 0. The van der Waals surface area contributed by atoms with Gasteiger partial charge in [-0.1, -0.05) is 30.3 Å². The number of aromatic nitrogens is 3. The number of carboxylic acid groups (broad SMARTS) is 1. The van der Waals surface area contributed by atoms with Crippen LogP contribution in [0.4, 0.5) is 0 Å². The van der Waals surface area contributed by atoms with Gasteiger partial charge in [0.1, 0.15) is 5.69 Å². The van der Waals surface area contributed by atoms with Gasteiger partial charge < -0.3 is 10.4 Å². The fourth-order valence-corrected chi connectivity index (χ4v) is 2.92. The summed E-state index contributed by atoms with van der Waals surface area (Å²) in [6, 6.07) is 9.36. The van der Waals surface area contributed by atoms with E-state index >= 15 is 0 Å². The van der Waals surface area contributed by atoms with Crippen LogP contribution in [0.25, 0.3) is 11.3 Å². The topological polar surface area (TPSA) is 108 Å². The van der Waals surface area contributed by atoms with E-state index in [9.17, 15) is 9.59 Å². The summed E-state index contributed by atoms with van der Waals surface area (Å²) in [5.41, 5.74) is 1.60. The molecule has 0 saturated heterocycles. The van der Waals surface area contributed by atoms with Gasteiger partial charge in [0.2, 0.25) is 0 Å². The van der Waals surface area contributed by atoms with E-state index in [0.29, 0.717) is 31.4 Å². The van der Waals surface area contributed by atoms with Crippen LogP contribution in [0.2, 0.25) is 0 Å². The Bertz CT molecular complexity index is 690. The first kappa shape index (κ1) is 15.2. The number of hydrogen-bond acceptors (Lipinski definition) is 4. The molecular formula is C16H18N4O3. The Hall–Kier alpha value is -2.70. The van der Waals surface area contributed by atoms with Gasteiger partial charge in [-0.3, -0.25) is 9.59 Å². The molecule has 0 bridgehead atoms. The molecule has 2 aromatic rings. The van der Waals surface area contributed by atoms with Crippen molar-refractivity contribution in [2.24, 2.45) is 5.92 Å². The molecule has 120 valence electrons. The molecule has 0 aliphatic heterocycles. The molecule has 1 fully saturated rings. The van der Waals surface area contributed by atoms with Crippen LogP contribution < -0.4 is 5.32 Å². The molecule has 1 heterocycles. The molecule has 1 aliphatic rings. The highest BCUT2D eigenvalue weighted by Crippen LogP contribution is 2.25. The van der Waals surface area contributed by atoms with Crippen LogP contribution in [0.5, 0.6) is 0 Å². The van der Waals surface area contributed by atoms with E-state index in [1.54, 1.807) is 0 Å². The number of benzene rings is 1. The Labute approximate surface area is 133 Å². The molecule has 23 heavy (non-hydrogen) atoms. The molecule has 0 unspecified atom stereocenters. The quantitative estimate of drug-likeness (QED) is 0.798. The number of carbonyl (C=O) groups is 2. The highest BCUT2D eigenvalue weighted by molar-refractivity contribution is 5.98. The minimum absolute atomic E-state index is 0.0153. The number of aromatic amines is 1. The molecule has 3 rings (SSSR count). The second kappa shape index (κ2) is 6.60. The molecule has 1 aromatic heterocycles. The van der Waals surface area contributed by atoms with Crippen LogP contribution >= 0.6 is 0 Å². The molecule has 0 spiro atoms. The fourth-order valence-electron chi connectivity index (χ4n) is 2.92. The Kier molecular flexibility index (Phi) is 4.36. The summed E-state index contributed by atoms with van der Waals surface area (Å²) < 4.78 is 0. The van der Waals surface area contributed by atoms with E-state index in [1.165, 1.54) is 0 Å². The average molecular weight is 314 g/mol. The normalized spacial score (nSPS) is 20.9. The minimum Gasteiger partial charge on any atom is -0.481 e. The maximum absolute atomic E-state index is 12.4. The zero-order valence-electron chi connectivity index (χ0n) is 12.5. The largest absolute Gasteiger partial charge is 0.481 e. The lowest BCUT2D eigenvalue weighted by atomic mass is 9.86. The van der Waals surface area contributed by atoms with Gasteiger partial charge in [0, 0.05) is 11.6 Å². The van der Waals surface area contributed by atoms with Crippen molar-refractivity contribution in [2.45, 2.75) is 31.7 Å². The van der Waals surface area contributed by atoms with Crippen LogP contribution in [-0.4, -0.2) is 38.4 Å². The molecule has 0 radical (unpaired) electrons.